The highest BCUT2D eigenvalue weighted by atomic mass is 16.6. The standard InChI is InChI=1S/C42H80NO4/c1-6-8-10-12-14-16-18-20-22-24-26-28-30-32-34-36-41(44)46-39-38-40(43(3,4)5)47-42(45)37-35-33-31-29-27-25-23-21-19-17-15-13-11-9-7-2/h20-23,40H,6-19,24-39H2,1-5H3/q+1/b22-20-,23-21-. The predicted octanol–water partition coefficient (Wildman–Crippen LogP) is 12.6. The van der Waals surface area contributed by atoms with Gasteiger partial charge in [0, 0.05) is 12.8 Å². The average Bonchev–Trinajstić information content (AvgIpc) is 3.03. The molecule has 0 aliphatic carbocycles. The third-order valence-corrected chi connectivity index (χ3v) is 9.04. The van der Waals surface area contributed by atoms with Crippen molar-refractivity contribution in [1.29, 1.82) is 0 Å². The van der Waals surface area contributed by atoms with E-state index in [0.29, 0.717) is 30.4 Å². The van der Waals surface area contributed by atoms with Crippen LogP contribution in [0.2, 0.25) is 0 Å². The summed E-state index contributed by atoms with van der Waals surface area (Å²) in [4.78, 5) is 24.8. The fourth-order valence-electron chi connectivity index (χ4n) is 5.84. The fraction of sp³-hybridized carbons (Fsp3) is 0.857. The number of nitrogens with zero attached hydrogens (tertiary/aromatic N) is 1. The fourth-order valence-corrected chi connectivity index (χ4v) is 5.84. The minimum Gasteiger partial charge on any atom is -0.465 e. The zero-order valence-electron chi connectivity index (χ0n) is 32.2. The monoisotopic (exact) mass is 663 g/mol. The van der Waals surface area contributed by atoms with Gasteiger partial charge in [-0.15, -0.1) is 0 Å². The van der Waals surface area contributed by atoms with Gasteiger partial charge in [-0.25, -0.2) is 0 Å². The molecule has 0 saturated heterocycles. The Morgan fingerprint density at radius 1 is 0.489 bits per heavy atom. The van der Waals surface area contributed by atoms with Crippen LogP contribution in [0.1, 0.15) is 200 Å². The minimum absolute atomic E-state index is 0.137. The summed E-state index contributed by atoms with van der Waals surface area (Å²) in [6, 6.07) is 0. The van der Waals surface area contributed by atoms with E-state index in [9.17, 15) is 9.59 Å². The molecule has 0 aromatic carbocycles. The number of quaternary nitrogens is 1. The molecule has 276 valence electrons. The zero-order valence-corrected chi connectivity index (χ0v) is 32.2. The highest BCUT2D eigenvalue weighted by Gasteiger charge is 2.28. The summed E-state index contributed by atoms with van der Waals surface area (Å²) in [6.07, 6.45) is 42.9. The van der Waals surface area contributed by atoms with Crippen molar-refractivity contribution in [1.82, 2.24) is 0 Å². The molecule has 1 atom stereocenters. The first-order valence-corrected chi connectivity index (χ1v) is 20.3. The number of unbranched alkanes of at least 4 members (excludes halogenated alkanes) is 22. The van der Waals surface area contributed by atoms with Crippen LogP contribution in [0.15, 0.2) is 24.3 Å². The Bertz CT molecular complexity index is 754. The number of carbonyl (C=O) groups excluding carboxylic acids is 2. The number of hydrogen-bond donors (Lipinski definition) is 0. The molecule has 0 fully saturated rings. The van der Waals surface area contributed by atoms with Gasteiger partial charge in [-0.1, -0.05) is 141 Å². The summed E-state index contributed by atoms with van der Waals surface area (Å²) >= 11 is 0. The van der Waals surface area contributed by atoms with Crippen LogP contribution in [0.25, 0.3) is 0 Å². The lowest BCUT2D eigenvalue weighted by atomic mass is 10.1. The van der Waals surface area contributed by atoms with Gasteiger partial charge in [-0.05, 0) is 64.2 Å². The topological polar surface area (TPSA) is 52.6 Å². The van der Waals surface area contributed by atoms with Crippen LogP contribution >= 0.6 is 0 Å². The van der Waals surface area contributed by atoms with Gasteiger partial charge >= 0.3 is 11.9 Å². The second kappa shape index (κ2) is 34.3. The van der Waals surface area contributed by atoms with Crippen molar-refractivity contribution < 1.29 is 23.5 Å². The van der Waals surface area contributed by atoms with Crippen molar-refractivity contribution in [2.75, 3.05) is 27.7 Å². The Labute approximate surface area is 293 Å². The van der Waals surface area contributed by atoms with Crippen LogP contribution in [0.5, 0.6) is 0 Å². The molecule has 0 rings (SSSR count). The van der Waals surface area contributed by atoms with E-state index in [1.165, 1.54) is 141 Å². The molecule has 0 aliphatic rings. The van der Waals surface area contributed by atoms with Gasteiger partial charge in [0.15, 0.2) is 0 Å². The lowest BCUT2D eigenvalue weighted by Gasteiger charge is -2.33. The molecule has 0 radical (unpaired) electrons. The molecular formula is C42H80NO4+. The van der Waals surface area contributed by atoms with E-state index in [4.69, 9.17) is 9.47 Å². The summed E-state index contributed by atoms with van der Waals surface area (Å²) in [5.74, 6) is -0.275. The minimum atomic E-state index is -0.307. The SMILES string of the molecule is CCCCCCCC/C=C\CCCCCCCC(=O)OCCC(OC(=O)CCCCCCC/C=C\CCCCCCCC)[N+](C)(C)C. The first-order chi connectivity index (χ1) is 22.8. The van der Waals surface area contributed by atoms with Crippen LogP contribution in [0.4, 0.5) is 0 Å². The van der Waals surface area contributed by atoms with E-state index in [2.05, 4.69) is 38.2 Å². The predicted molar refractivity (Wildman–Crippen MR) is 202 cm³/mol. The van der Waals surface area contributed by atoms with Crippen LogP contribution < -0.4 is 0 Å². The average molecular weight is 663 g/mol. The first kappa shape index (κ1) is 45.4. The van der Waals surface area contributed by atoms with Crippen molar-refractivity contribution in [3.63, 3.8) is 0 Å². The molecule has 0 aromatic heterocycles. The van der Waals surface area contributed by atoms with Gasteiger partial charge in [-0.2, -0.15) is 0 Å². The second-order valence-corrected chi connectivity index (χ2v) is 14.7. The van der Waals surface area contributed by atoms with E-state index in [1.54, 1.807) is 0 Å². The van der Waals surface area contributed by atoms with Crippen LogP contribution in [-0.2, 0) is 19.1 Å². The molecule has 0 saturated carbocycles. The molecule has 1 unspecified atom stereocenters. The first-order valence-electron chi connectivity index (χ1n) is 20.3. The molecule has 0 N–H and O–H groups in total. The van der Waals surface area contributed by atoms with Gasteiger partial charge in [0.25, 0.3) is 0 Å². The molecule has 5 nitrogen and oxygen atoms in total. The van der Waals surface area contributed by atoms with Gasteiger partial charge < -0.3 is 9.47 Å². The summed E-state index contributed by atoms with van der Waals surface area (Å²) < 4.78 is 11.8. The molecule has 5 heteroatoms. The number of allylic oxidation sites excluding steroid dienone is 4. The van der Waals surface area contributed by atoms with Crippen LogP contribution in [0.3, 0.4) is 0 Å². The Morgan fingerprint density at radius 3 is 1.21 bits per heavy atom. The highest BCUT2D eigenvalue weighted by Crippen LogP contribution is 2.15. The largest absolute Gasteiger partial charge is 0.465 e. The quantitative estimate of drug-likeness (QED) is 0.0223. The van der Waals surface area contributed by atoms with E-state index in [0.717, 1.165) is 25.7 Å². The summed E-state index contributed by atoms with van der Waals surface area (Å²) in [7, 11) is 6.06. The lowest BCUT2D eigenvalue weighted by molar-refractivity contribution is -0.917. The second-order valence-electron chi connectivity index (χ2n) is 14.7. The van der Waals surface area contributed by atoms with Crippen molar-refractivity contribution in [2.45, 2.75) is 206 Å². The van der Waals surface area contributed by atoms with Crippen molar-refractivity contribution in [3.05, 3.63) is 24.3 Å². The van der Waals surface area contributed by atoms with E-state index >= 15 is 0 Å². The Morgan fingerprint density at radius 2 is 0.830 bits per heavy atom. The molecule has 0 aromatic rings. The van der Waals surface area contributed by atoms with Crippen molar-refractivity contribution in [3.8, 4) is 0 Å². The molecule has 0 heterocycles. The zero-order chi connectivity index (χ0) is 34.7. The highest BCUT2D eigenvalue weighted by molar-refractivity contribution is 5.69. The van der Waals surface area contributed by atoms with Gasteiger partial charge in [-0.3, -0.25) is 14.1 Å². The normalized spacial score (nSPS) is 12.7. The molecule has 0 aliphatic heterocycles. The molecular weight excluding hydrogens is 582 g/mol. The number of carbonyl (C=O) groups is 2. The molecule has 0 amide bonds. The van der Waals surface area contributed by atoms with Crippen molar-refractivity contribution in [2.24, 2.45) is 0 Å². The molecule has 0 bridgehead atoms. The Balaban J connectivity index is 3.79. The van der Waals surface area contributed by atoms with E-state index in [-0.39, 0.29) is 18.2 Å². The van der Waals surface area contributed by atoms with E-state index < -0.39 is 0 Å². The van der Waals surface area contributed by atoms with Gasteiger partial charge in [0.2, 0.25) is 6.23 Å². The maximum absolute atomic E-state index is 12.5. The molecule has 0 spiro atoms. The van der Waals surface area contributed by atoms with Gasteiger partial charge in [0.05, 0.1) is 27.6 Å². The number of ether oxygens (including phenoxy) is 2. The molecule has 47 heavy (non-hydrogen) atoms. The van der Waals surface area contributed by atoms with Crippen LogP contribution in [0, 0.1) is 0 Å². The van der Waals surface area contributed by atoms with Crippen molar-refractivity contribution >= 4 is 11.9 Å². The van der Waals surface area contributed by atoms with Crippen LogP contribution in [-0.4, -0.2) is 50.4 Å². The summed E-state index contributed by atoms with van der Waals surface area (Å²) in [6.45, 7) is 4.83. The lowest BCUT2D eigenvalue weighted by Crippen LogP contribution is -2.48. The maximum Gasteiger partial charge on any atom is 0.310 e. The smallest absolute Gasteiger partial charge is 0.310 e. The third kappa shape index (κ3) is 34.1. The van der Waals surface area contributed by atoms with E-state index in [1.807, 2.05) is 21.1 Å². The maximum atomic E-state index is 12.5. The third-order valence-electron chi connectivity index (χ3n) is 9.04. The Hall–Kier alpha value is -1.62. The van der Waals surface area contributed by atoms with Gasteiger partial charge in [0.1, 0.15) is 6.61 Å². The summed E-state index contributed by atoms with van der Waals surface area (Å²) in [5, 5.41) is 0. The number of rotatable bonds is 35. The Kier molecular flexibility index (Phi) is 33.1. The number of hydrogen-bond acceptors (Lipinski definition) is 4. The number of esters is 2. The summed E-state index contributed by atoms with van der Waals surface area (Å²) in [5.41, 5.74) is 0.